The molecule has 0 saturated carbocycles. The minimum absolute atomic E-state index is 0.335. The molecular weight excluding hydrogens is 197 g/mol. The number of benzene rings is 1. The molecule has 0 atom stereocenters. The van der Waals surface area contributed by atoms with Gasteiger partial charge >= 0.3 is 0 Å². The molecule has 0 bridgehead atoms. The molecule has 0 saturated heterocycles. The molecule has 0 fully saturated rings. The minimum Gasteiger partial charge on any atom is -0.496 e. The first kappa shape index (κ1) is 9.64. The topological polar surface area (TPSA) is 39.9 Å². The van der Waals surface area contributed by atoms with Gasteiger partial charge in [-0.2, -0.15) is 5.10 Å². The van der Waals surface area contributed by atoms with Crippen molar-refractivity contribution >= 4 is 0 Å². The standard InChI is InChI=1S/C10H10FN3O/c1-14-6-12-10(13-14)8-5-7(11)3-4-9(8)15-2/h3-6H,1-2H3. The van der Waals surface area contributed by atoms with Crippen molar-refractivity contribution in [2.75, 3.05) is 7.11 Å². The van der Waals surface area contributed by atoms with Gasteiger partial charge in [0.1, 0.15) is 17.9 Å². The van der Waals surface area contributed by atoms with E-state index in [1.54, 1.807) is 24.1 Å². The molecule has 0 aliphatic rings. The number of aromatic nitrogens is 3. The van der Waals surface area contributed by atoms with Crippen LogP contribution in [0.15, 0.2) is 24.5 Å². The van der Waals surface area contributed by atoms with Crippen molar-refractivity contribution in [1.29, 1.82) is 0 Å². The van der Waals surface area contributed by atoms with Crippen LogP contribution in [0.2, 0.25) is 0 Å². The molecule has 0 aliphatic heterocycles. The van der Waals surface area contributed by atoms with Gasteiger partial charge in [0.15, 0.2) is 5.82 Å². The zero-order chi connectivity index (χ0) is 10.8. The quantitative estimate of drug-likeness (QED) is 0.751. The zero-order valence-corrected chi connectivity index (χ0v) is 8.44. The Kier molecular flexibility index (Phi) is 2.37. The Bertz CT molecular complexity index is 481. The van der Waals surface area contributed by atoms with Crippen LogP contribution in [0.3, 0.4) is 0 Å². The van der Waals surface area contributed by atoms with Gasteiger partial charge in [-0.05, 0) is 18.2 Å². The van der Waals surface area contributed by atoms with Crippen molar-refractivity contribution in [3.8, 4) is 17.1 Å². The summed E-state index contributed by atoms with van der Waals surface area (Å²) in [6.45, 7) is 0. The van der Waals surface area contributed by atoms with E-state index in [0.29, 0.717) is 17.1 Å². The van der Waals surface area contributed by atoms with Crippen molar-refractivity contribution in [3.63, 3.8) is 0 Å². The second-order valence-corrected chi connectivity index (χ2v) is 3.09. The normalized spacial score (nSPS) is 10.3. The molecular formula is C10H10FN3O. The summed E-state index contributed by atoms with van der Waals surface area (Å²) in [4.78, 5) is 4.04. The Labute approximate surface area is 86.3 Å². The summed E-state index contributed by atoms with van der Waals surface area (Å²) >= 11 is 0. The van der Waals surface area contributed by atoms with Crippen molar-refractivity contribution in [2.45, 2.75) is 0 Å². The molecule has 0 N–H and O–H groups in total. The van der Waals surface area contributed by atoms with Crippen molar-refractivity contribution in [2.24, 2.45) is 7.05 Å². The maximum Gasteiger partial charge on any atom is 0.184 e. The van der Waals surface area contributed by atoms with Crippen LogP contribution in [0.4, 0.5) is 4.39 Å². The van der Waals surface area contributed by atoms with E-state index < -0.39 is 0 Å². The van der Waals surface area contributed by atoms with Crippen LogP contribution in [0.5, 0.6) is 5.75 Å². The van der Waals surface area contributed by atoms with E-state index in [-0.39, 0.29) is 5.82 Å². The molecule has 0 unspecified atom stereocenters. The second kappa shape index (κ2) is 3.68. The molecule has 0 radical (unpaired) electrons. The second-order valence-electron chi connectivity index (χ2n) is 3.09. The first-order chi connectivity index (χ1) is 7.20. The lowest BCUT2D eigenvalue weighted by Crippen LogP contribution is -1.92. The number of aryl methyl sites for hydroxylation is 1. The monoisotopic (exact) mass is 207 g/mol. The van der Waals surface area contributed by atoms with Crippen LogP contribution in [0, 0.1) is 5.82 Å². The maximum atomic E-state index is 13.1. The lowest BCUT2D eigenvalue weighted by molar-refractivity contribution is 0.415. The zero-order valence-electron chi connectivity index (χ0n) is 8.44. The number of halogens is 1. The van der Waals surface area contributed by atoms with Crippen LogP contribution >= 0.6 is 0 Å². The van der Waals surface area contributed by atoms with E-state index in [2.05, 4.69) is 10.1 Å². The number of methoxy groups -OCH3 is 1. The first-order valence-electron chi connectivity index (χ1n) is 4.40. The van der Waals surface area contributed by atoms with Gasteiger partial charge in [0.25, 0.3) is 0 Å². The third-order valence-corrected chi connectivity index (χ3v) is 2.00. The highest BCUT2D eigenvalue weighted by molar-refractivity contribution is 5.63. The van der Waals surface area contributed by atoms with Crippen LogP contribution < -0.4 is 4.74 Å². The third-order valence-electron chi connectivity index (χ3n) is 2.00. The van der Waals surface area contributed by atoms with Crippen LogP contribution in [-0.2, 0) is 7.05 Å². The SMILES string of the molecule is COc1ccc(F)cc1-c1ncn(C)n1. The fourth-order valence-corrected chi connectivity index (χ4v) is 1.32. The van der Waals surface area contributed by atoms with E-state index in [9.17, 15) is 4.39 Å². The van der Waals surface area contributed by atoms with Gasteiger partial charge in [0, 0.05) is 7.05 Å². The van der Waals surface area contributed by atoms with E-state index in [0.717, 1.165) is 0 Å². The predicted molar refractivity (Wildman–Crippen MR) is 52.9 cm³/mol. The van der Waals surface area contributed by atoms with Gasteiger partial charge in [0.05, 0.1) is 12.7 Å². The molecule has 1 aromatic heterocycles. The summed E-state index contributed by atoms with van der Waals surface area (Å²) in [5.41, 5.74) is 0.554. The van der Waals surface area contributed by atoms with Crippen molar-refractivity contribution in [1.82, 2.24) is 14.8 Å². The maximum absolute atomic E-state index is 13.1. The molecule has 4 nitrogen and oxygen atoms in total. The Morgan fingerprint density at radius 2 is 2.20 bits per heavy atom. The predicted octanol–water partition coefficient (Wildman–Crippen LogP) is 1.63. The van der Waals surface area contributed by atoms with Crippen LogP contribution in [0.25, 0.3) is 11.4 Å². The summed E-state index contributed by atoms with van der Waals surface area (Å²) in [7, 11) is 3.28. The van der Waals surface area contributed by atoms with E-state index in [4.69, 9.17) is 4.74 Å². The Balaban J connectivity index is 2.55. The molecule has 1 heterocycles. The Hall–Kier alpha value is -1.91. The highest BCUT2D eigenvalue weighted by Crippen LogP contribution is 2.27. The Morgan fingerprint density at radius 3 is 2.80 bits per heavy atom. The van der Waals surface area contributed by atoms with Gasteiger partial charge < -0.3 is 4.74 Å². The summed E-state index contributed by atoms with van der Waals surface area (Å²) < 4.78 is 19.7. The molecule has 1 aromatic carbocycles. The van der Waals surface area contributed by atoms with Gasteiger partial charge in [-0.25, -0.2) is 9.37 Å². The van der Waals surface area contributed by atoms with Crippen LogP contribution in [-0.4, -0.2) is 21.9 Å². The molecule has 78 valence electrons. The molecule has 0 amide bonds. The minimum atomic E-state index is -0.335. The molecule has 5 heteroatoms. The van der Waals surface area contributed by atoms with E-state index in [1.165, 1.54) is 19.2 Å². The lowest BCUT2D eigenvalue weighted by atomic mass is 10.2. The molecule has 2 rings (SSSR count). The van der Waals surface area contributed by atoms with Gasteiger partial charge in [-0.3, -0.25) is 4.68 Å². The fraction of sp³-hybridized carbons (Fsp3) is 0.200. The number of nitrogens with zero attached hydrogens (tertiary/aromatic N) is 3. The largest absolute Gasteiger partial charge is 0.496 e. The number of ether oxygens (including phenoxy) is 1. The first-order valence-corrected chi connectivity index (χ1v) is 4.40. The highest BCUT2D eigenvalue weighted by atomic mass is 19.1. The molecule has 2 aromatic rings. The summed E-state index contributed by atoms with van der Waals surface area (Å²) in [6.07, 6.45) is 1.56. The number of hydrogen-bond donors (Lipinski definition) is 0. The van der Waals surface area contributed by atoms with Crippen molar-refractivity contribution in [3.05, 3.63) is 30.3 Å². The molecule has 15 heavy (non-hydrogen) atoms. The number of rotatable bonds is 2. The fourth-order valence-electron chi connectivity index (χ4n) is 1.32. The van der Waals surface area contributed by atoms with Crippen molar-refractivity contribution < 1.29 is 9.13 Å². The van der Waals surface area contributed by atoms with Crippen LogP contribution in [0.1, 0.15) is 0 Å². The smallest absolute Gasteiger partial charge is 0.184 e. The summed E-state index contributed by atoms with van der Waals surface area (Å²) in [5.74, 6) is 0.676. The van der Waals surface area contributed by atoms with Gasteiger partial charge in [0.2, 0.25) is 0 Å². The highest BCUT2D eigenvalue weighted by Gasteiger charge is 2.10. The third kappa shape index (κ3) is 1.81. The average Bonchev–Trinajstić information content (AvgIpc) is 2.65. The average molecular weight is 207 g/mol. The van der Waals surface area contributed by atoms with Gasteiger partial charge in [-0.15, -0.1) is 0 Å². The summed E-state index contributed by atoms with van der Waals surface area (Å²) in [6, 6.07) is 4.25. The Morgan fingerprint density at radius 1 is 1.40 bits per heavy atom. The van der Waals surface area contributed by atoms with Gasteiger partial charge in [-0.1, -0.05) is 0 Å². The number of hydrogen-bond acceptors (Lipinski definition) is 3. The molecule has 0 aliphatic carbocycles. The lowest BCUT2D eigenvalue weighted by Gasteiger charge is -2.04. The van der Waals surface area contributed by atoms with E-state index in [1.807, 2.05) is 0 Å². The molecule has 0 spiro atoms. The summed E-state index contributed by atoms with van der Waals surface area (Å²) in [5, 5.41) is 4.09. The van der Waals surface area contributed by atoms with E-state index >= 15 is 0 Å².